The lowest BCUT2D eigenvalue weighted by atomic mass is 9.68. The molecule has 1 aliphatic carbocycles. The molecular weight excluding hydrogens is 164 g/mol. The Morgan fingerprint density at radius 1 is 1.23 bits per heavy atom. The number of carbonyl (C=O) groups is 1. The molecule has 0 N–H and O–H groups in total. The van der Waals surface area contributed by atoms with Gasteiger partial charge in [0.25, 0.3) is 0 Å². The van der Waals surface area contributed by atoms with E-state index in [0.29, 0.717) is 24.7 Å². The van der Waals surface area contributed by atoms with Crippen molar-refractivity contribution in [2.45, 2.75) is 12.3 Å². The molecule has 0 radical (unpaired) electrons. The van der Waals surface area contributed by atoms with Crippen LogP contribution in [-0.4, -0.2) is 12.4 Å². The van der Waals surface area contributed by atoms with Crippen LogP contribution in [0.5, 0.6) is 5.75 Å². The van der Waals surface area contributed by atoms with Crippen LogP contribution in [0, 0.1) is 5.92 Å². The van der Waals surface area contributed by atoms with Crippen molar-refractivity contribution >= 4 is 5.78 Å². The van der Waals surface area contributed by atoms with E-state index in [1.54, 1.807) is 0 Å². The van der Waals surface area contributed by atoms with E-state index in [4.69, 9.17) is 4.74 Å². The van der Waals surface area contributed by atoms with Gasteiger partial charge in [0.1, 0.15) is 11.5 Å². The summed E-state index contributed by atoms with van der Waals surface area (Å²) >= 11 is 0. The van der Waals surface area contributed by atoms with E-state index in [9.17, 15) is 4.79 Å². The number of Topliss-reactive ketones (excluding diaryl/α,β-unsaturated/α-hetero) is 1. The standard InChI is InChI=1S/C11H10O2/c12-10-5-8-7-3-1-2-4-11(7)13-6-9(8)10/h1-4,8-9H,5-6H2/t8-,9+/m1/s1. The van der Waals surface area contributed by atoms with Gasteiger partial charge >= 0.3 is 0 Å². The van der Waals surface area contributed by atoms with Crippen molar-refractivity contribution in [3.63, 3.8) is 0 Å². The molecule has 1 saturated carbocycles. The molecule has 0 saturated heterocycles. The molecule has 0 aromatic heterocycles. The largest absolute Gasteiger partial charge is 0.493 e. The maximum Gasteiger partial charge on any atom is 0.140 e. The van der Waals surface area contributed by atoms with E-state index < -0.39 is 0 Å². The molecule has 2 aliphatic rings. The first-order valence-electron chi connectivity index (χ1n) is 4.61. The summed E-state index contributed by atoms with van der Waals surface area (Å²) in [6.07, 6.45) is 0.713. The van der Waals surface area contributed by atoms with Gasteiger partial charge < -0.3 is 4.74 Å². The monoisotopic (exact) mass is 174 g/mol. The van der Waals surface area contributed by atoms with Gasteiger partial charge in [-0.25, -0.2) is 0 Å². The molecule has 1 aromatic carbocycles. The van der Waals surface area contributed by atoms with E-state index in [2.05, 4.69) is 6.07 Å². The van der Waals surface area contributed by atoms with Gasteiger partial charge in [0, 0.05) is 12.3 Å². The second-order valence-corrected chi connectivity index (χ2v) is 3.73. The number of hydrogen-bond donors (Lipinski definition) is 0. The number of para-hydroxylation sites is 1. The van der Waals surface area contributed by atoms with Crippen molar-refractivity contribution in [2.75, 3.05) is 6.61 Å². The lowest BCUT2D eigenvalue weighted by Crippen LogP contribution is -2.42. The van der Waals surface area contributed by atoms with E-state index in [-0.39, 0.29) is 5.92 Å². The van der Waals surface area contributed by atoms with E-state index in [1.807, 2.05) is 18.2 Å². The lowest BCUT2D eigenvalue weighted by molar-refractivity contribution is -0.133. The number of fused-ring (bicyclic) bond motifs is 3. The molecule has 0 amide bonds. The summed E-state index contributed by atoms with van der Waals surface area (Å²) in [5.74, 6) is 1.92. The van der Waals surface area contributed by atoms with Crippen LogP contribution < -0.4 is 4.74 Å². The van der Waals surface area contributed by atoms with Crippen molar-refractivity contribution in [1.29, 1.82) is 0 Å². The van der Waals surface area contributed by atoms with Gasteiger partial charge in [-0.1, -0.05) is 18.2 Å². The summed E-state index contributed by atoms with van der Waals surface area (Å²) in [6, 6.07) is 8.03. The van der Waals surface area contributed by atoms with Crippen molar-refractivity contribution in [2.24, 2.45) is 5.92 Å². The Balaban J connectivity index is 2.05. The van der Waals surface area contributed by atoms with E-state index in [1.165, 1.54) is 5.56 Å². The van der Waals surface area contributed by atoms with Crippen LogP contribution in [0.15, 0.2) is 24.3 Å². The summed E-state index contributed by atoms with van der Waals surface area (Å²) < 4.78 is 5.51. The molecule has 3 rings (SSSR count). The fourth-order valence-electron chi connectivity index (χ4n) is 2.21. The highest BCUT2D eigenvalue weighted by molar-refractivity contribution is 5.90. The second kappa shape index (κ2) is 2.34. The minimum absolute atomic E-state index is 0.148. The number of carbonyl (C=O) groups excluding carboxylic acids is 1. The fraction of sp³-hybridized carbons (Fsp3) is 0.364. The average molecular weight is 174 g/mol. The zero-order valence-electron chi connectivity index (χ0n) is 7.19. The molecule has 1 fully saturated rings. The predicted molar refractivity (Wildman–Crippen MR) is 47.8 cm³/mol. The Bertz CT molecular complexity index is 370. The Morgan fingerprint density at radius 3 is 2.92 bits per heavy atom. The molecule has 2 nitrogen and oxygen atoms in total. The first-order valence-corrected chi connectivity index (χ1v) is 4.61. The van der Waals surface area contributed by atoms with Crippen molar-refractivity contribution in [3.8, 4) is 5.75 Å². The van der Waals surface area contributed by atoms with Gasteiger partial charge in [0.2, 0.25) is 0 Å². The molecular formula is C11H10O2. The lowest BCUT2D eigenvalue weighted by Gasteiger charge is -2.39. The molecule has 66 valence electrons. The Labute approximate surface area is 76.5 Å². The second-order valence-electron chi connectivity index (χ2n) is 3.73. The highest BCUT2D eigenvalue weighted by Gasteiger charge is 2.44. The molecule has 2 heteroatoms. The van der Waals surface area contributed by atoms with Crippen molar-refractivity contribution in [1.82, 2.24) is 0 Å². The van der Waals surface area contributed by atoms with Crippen molar-refractivity contribution < 1.29 is 9.53 Å². The highest BCUT2D eigenvalue weighted by atomic mass is 16.5. The normalized spacial score (nSPS) is 29.7. The summed E-state index contributed by atoms with van der Waals surface area (Å²) in [4.78, 5) is 11.2. The number of hydrogen-bond acceptors (Lipinski definition) is 2. The number of benzene rings is 1. The van der Waals surface area contributed by atoms with Crippen LogP contribution in [0.25, 0.3) is 0 Å². The first kappa shape index (κ1) is 7.13. The SMILES string of the molecule is O=C1C[C@@H]2c3ccccc3OC[C@H]12. The maximum absolute atomic E-state index is 11.2. The number of ketones is 1. The minimum atomic E-state index is 0.148. The molecule has 13 heavy (non-hydrogen) atoms. The van der Waals surface area contributed by atoms with Crippen LogP contribution in [0.3, 0.4) is 0 Å². The molecule has 1 aliphatic heterocycles. The average Bonchev–Trinajstić information content (AvgIpc) is 2.16. The number of ether oxygens (including phenoxy) is 1. The van der Waals surface area contributed by atoms with E-state index in [0.717, 1.165) is 5.75 Å². The van der Waals surface area contributed by atoms with Crippen LogP contribution >= 0.6 is 0 Å². The molecule has 2 atom stereocenters. The van der Waals surface area contributed by atoms with Crippen molar-refractivity contribution in [3.05, 3.63) is 29.8 Å². The van der Waals surface area contributed by atoms with Gasteiger partial charge in [-0.2, -0.15) is 0 Å². The molecule has 0 unspecified atom stereocenters. The van der Waals surface area contributed by atoms with E-state index >= 15 is 0 Å². The first-order chi connectivity index (χ1) is 6.36. The van der Waals surface area contributed by atoms with Crippen LogP contribution in [0.4, 0.5) is 0 Å². The topological polar surface area (TPSA) is 26.3 Å². The molecule has 0 spiro atoms. The third kappa shape index (κ3) is 0.857. The van der Waals surface area contributed by atoms with Gasteiger partial charge in [-0.15, -0.1) is 0 Å². The minimum Gasteiger partial charge on any atom is -0.493 e. The zero-order chi connectivity index (χ0) is 8.84. The highest BCUT2D eigenvalue weighted by Crippen LogP contribution is 2.46. The molecule has 0 bridgehead atoms. The smallest absolute Gasteiger partial charge is 0.140 e. The van der Waals surface area contributed by atoms with Gasteiger partial charge in [-0.3, -0.25) is 4.79 Å². The van der Waals surface area contributed by atoms with Crippen LogP contribution in [0.1, 0.15) is 17.9 Å². The quantitative estimate of drug-likeness (QED) is 0.599. The van der Waals surface area contributed by atoms with Crippen LogP contribution in [-0.2, 0) is 4.79 Å². The maximum atomic E-state index is 11.2. The summed E-state index contributed by atoms with van der Waals surface area (Å²) in [5, 5.41) is 0. The Morgan fingerprint density at radius 2 is 2.08 bits per heavy atom. The van der Waals surface area contributed by atoms with Crippen LogP contribution in [0.2, 0.25) is 0 Å². The zero-order valence-corrected chi connectivity index (χ0v) is 7.19. The Hall–Kier alpha value is -1.31. The fourth-order valence-corrected chi connectivity index (χ4v) is 2.21. The third-order valence-electron chi connectivity index (χ3n) is 3.06. The predicted octanol–water partition coefficient (Wildman–Crippen LogP) is 1.75. The van der Waals surface area contributed by atoms with Gasteiger partial charge in [-0.05, 0) is 11.6 Å². The van der Waals surface area contributed by atoms with Gasteiger partial charge in [0.05, 0.1) is 12.5 Å². The summed E-state index contributed by atoms with van der Waals surface area (Å²) in [6.45, 7) is 0.584. The Kier molecular flexibility index (Phi) is 1.29. The van der Waals surface area contributed by atoms with Gasteiger partial charge in [0.15, 0.2) is 0 Å². The molecule has 1 aromatic rings. The third-order valence-corrected chi connectivity index (χ3v) is 3.06. The molecule has 1 heterocycles. The summed E-state index contributed by atoms with van der Waals surface area (Å²) in [5.41, 5.74) is 1.22. The summed E-state index contributed by atoms with van der Waals surface area (Å²) in [7, 11) is 0. The number of rotatable bonds is 0.